The monoisotopic (exact) mass is 229 g/mol. The van der Waals surface area contributed by atoms with Gasteiger partial charge in [0.2, 0.25) is 0 Å². The predicted molar refractivity (Wildman–Crippen MR) is 53.3 cm³/mol. The topological polar surface area (TPSA) is 76.5 Å². The molecule has 0 aromatic carbocycles. The lowest BCUT2D eigenvalue weighted by molar-refractivity contribution is 0.0735. The van der Waals surface area contributed by atoms with Gasteiger partial charge < -0.3 is 9.84 Å². The molecule has 1 aliphatic rings. The zero-order valence-electron chi connectivity index (χ0n) is 7.91. The van der Waals surface area contributed by atoms with Gasteiger partial charge in [-0.2, -0.15) is 0 Å². The first-order valence-electron chi connectivity index (χ1n) is 4.52. The fourth-order valence-electron chi connectivity index (χ4n) is 1.50. The van der Waals surface area contributed by atoms with E-state index >= 15 is 0 Å². The minimum absolute atomic E-state index is 0.136. The fraction of sp³-hybridized carbons (Fsp3) is 0.444. The highest BCUT2D eigenvalue weighted by Gasteiger charge is 2.38. The number of sulfone groups is 1. The second-order valence-electron chi connectivity index (χ2n) is 3.49. The number of pyridine rings is 1. The summed E-state index contributed by atoms with van der Waals surface area (Å²) in [5.74, 6) is 0.111. The Kier molecular flexibility index (Phi) is 2.62. The lowest BCUT2D eigenvalue weighted by Gasteiger charge is -2.14. The third-order valence-corrected chi connectivity index (χ3v) is 3.88. The third kappa shape index (κ3) is 2.45. The molecule has 2 rings (SSSR count). The van der Waals surface area contributed by atoms with Crippen molar-refractivity contribution in [1.29, 1.82) is 0 Å². The molecule has 0 bridgehead atoms. The first kappa shape index (κ1) is 10.4. The molecule has 5 nitrogen and oxygen atoms in total. The van der Waals surface area contributed by atoms with Crippen molar-refractivity contribution in [2.24, 2.45) is 0 Å². The van der Waals surface area contributed by atoms with E-state index in [1.165, 1.54) is 6.20 Å². The summed E-state index contributed by atoms with van der Waals surface area (Å²) in [6, 6.07) is 3.36. The summed E-state index contributed by atoms with van der Waals surface area (Å²) in [6.45, 7) is 0. The van der Waals surface area contributed by atoms with E-state index in [2.05, 4.69) is 4.98 Å². The van der Waals surface area contributed by atoms with Crippen LogP contribution >= 0.6 is 0 Å². The number of aromatic nitrogens is 1. The van der Waals surface area contributed by atoms with Gasteiger partial charge in [-0.25, -0.2) is 8.42 Å². The van der Waals surface area contributed by atoms with Crippen molar-refractivity contribution in [3.63, 3.8) is 0 Å². The van der Waals surface area contributed by atoms with Crippen LogP contribution in [0.2, 0.25) is 0 Å². The summed E-state index contributed by atoms with van der Waals surface area (Å²) in [6.07, 6.45) is 1.45. The highest BCUT2D eigenvalue weighted by molar-refractivity contribution is 7.91. The van der Waals surface area contributed by atoms with Gasteiger partial charge in [0.25, 0.3) is 0 Å². The molecule has 0 saturated carbocycles. The van der Waals surface area contributed by atoms with Gasteiger partial charge in [0.05, 0.1) is 17.7 Å². The van der Waals surface area contributed by atoms with Crippen molar-refractivity contribution in [2.75, 3.05) is 11.5 Å². The van der Waals surface area contributed by atoms with Crippen LogP contribution in [0.3, 0.4) is 0 Å². The quantitative estimate of drug-likeness (QED) is 0.748. The normalized spacial score (nSPS) is 28.9. The number of aliphatic hydroxyl groups is 1. The maximum atomic E-state index is 11.2. The molecule has 2 atom stereocenters. The molecule has 0 aliphatic carbocycles. The summed E-state index contributed by atoms with van der Waals surface area (Å²) < 4.78 is 27.7. The summed E-state index contributed by atoms with van der Waals surface area (Å²) in [4.78, 5) is 3.83. The molecule has 1 aliphatic heterocycles. The minimum atomic E-state index is -3.16. The van der Waals surface area contributed by atoms with Gasteiger partial charge in [-0.3, -0.25) is 4.98 Å². The van der Waals surface area contributed by atoms with E-state index in [-0.39, 0.29) is 11.5 Å². The van der Waals surface area contributed by atoms with Crippen LogP contribution < -0.4 is 4.74 Å². The van der Waals surface area contributed by atoms with Gasteiger partial charge in [0.15, 0.2) is 9.84 Å². The van der Waals surface area contributed by atoms with Crippen molar-refractivity contribution in [3.8, 4) is 5.75 Å². The summed E-state index contributed by atoms with van der Waals surface area (Å²) >= 11 is 0. The van der Waals surface area contributed by atoms with Gasteiger partial charge in [0, 0.05) is 6.20 Å². The molecule has 1 saturated heterocycles. The summed E-state index contributed by atoms with van der Waals surface area (Å²) in [5, 5.41) is 9.46. The van der Waals surface area contributed by atoms with E-state index < -0.39 is 22.0 Å². The molecular weight excluding hydrogens is 218 g/mol. The lowest BCUT2D eigenvalue weighted by atomic mass is 10.2. The van der Waals surface area contributed by atoms with Gasteiger partial charge in [-0.05, 0) is 12.1 Å². The Morgan fingerprint density at radius 3 is 2.80 bits per heavy atom. The zero-order chi connectivity index (χ0) is 10.9. The average molecular weight is 229 g/mol. The summed E-state index contributed by atoms with van der Waals surface area (Å²) in [5.41, 5.74) is 0. The number of nitrogens with zero attached hydrogens (tertiary/aromatic N) is 1. The third-order valence-electron chi connectivity index (χ3n) is 2.19. The van der Waals surface area contributed by atoms with Crippen LogP contribution in [0.15, 0.2) is 24.5 Å². The second kappa shape index (κ2) is 3.79. The van der Waals surface area contributed by atoms with Gasteiger partial charge in [-0.15, -0.1) is 0 Å². The number of hydrogen-bond donors (Lipinski definition) is 1. The molecule has 1 aromatic heterocycles. The van der Waals surface area contributed by atoms with Crippen molar-refractivity contribution in [2.45, 2.75) is 12.2 Å². The molecule has 2 heterocycles. The van der Waals surface area contributed by atoms with Gasteiger partial charge >= 0.3 is 0 Å². The van der Waals surface area contributed by atoms with Crippen LogP contribution in [-0.4, -0.2) is 42.2 Å². The Balaban J connectivity index is 2.08. The Morgan fingerprint density at radius 1 is 1.47 bits per heavy atom. The molecule has 0 amide bonds. The molecule has 6 heteroatoms. The van der Waals surface area contributed by atoms with Crippen molar-refractivity contribution >= 4 is 9.84 Å². The number of hydrogen-bond acceptors (Lipinski definition) is 5. The smallest absolute Gasteiger partial charge is 0.156 e. The first-order chi connectivity index (χ1) is 7.07. The Bertz CT molecular complexity index is 431. The van der Waals surface area contributed by atoms with Gasteiger partial charge in [0.1, 0.15) is 18.0 Å². The summed E-state index contributed by atoms with van der Waals surface area (Å²) in [7, 11) is -3.16. The maximum absolute atomic E-state index is 11.2. The van der Waals surface area contributed by atoms with E-state index in [0.717, 1.165) is 0 Å². The lowest BCUT2D eigenvalue weighted by Crippen LogP contribution is -2.29. The van der Waals surface area contributed by atoms with Crippen molar-refractivity contribution in [1.82, 2.24) is 4.98 Å². The van der Waals surface area contributed by atoms with E-state index in [1.807, 2.05) is 0 Å². The van der Waals surface area contributed by atoms with Crippen LogP contribution in [0.4, 0.5) is 0 Å². The van der Waals surface area contributed by atoms with Crippen LogP contribution in [-0.2, 0) is 9.84 Å². The van der Waals surface area contributed by atoms with E-state index in [1.54, 1.807) is 18.3 Å². The molecule has 82 valence electrons. The first-order valence-corrected chi connectivity index (χ1v) is 6.34. The van der Waals surface area contributed by atoms with Crippen LogP contribution in [0.5, 0.6) is 5.75 Å². The second-order valence-corrected chi connectivity index (χ2v) is 5.64. The molecule has 15 heavy (non-hydrogen) atoms. The van der Waals surface area contributed by atoms with Crippen LogP contribution in [0.25, 0.3) is 0 Å². The highest BCUT2D eigenvalue weighted by atomic mass is 32.2. The van der Waals surface area contributed by atoms with E-state index in [4.69, 9.17) is 4.74 Å². The molecule has 1 aromatic rings. The Morgan fingerprint density at radius 2 is 2.27 bits per heavy atom. The minimum Gasteiger partial charge on any atom is -0.485 e. The van der Waals surface area contributed by atoms with Crippen LogP contribution in [0, 0.1) is 0 Å². The van der Waals surface area contributed by atoms with Crippen molar-refractivity contribution in [3.05, 3.63) is 24.5 Å². The SMILES string of the molecule is O=S1(=O)CC(O)C(Oc2cccnc2)C1. The maximum Gasteiger partial charge on any atom is 0.156 e. The molecule has 0 spiro atoms. The van der Waals surface area contributed by atoms with Crippen molar-refractivity contribution < 1.29 is 18.3 Å². The standard InChI is InChI=1S/C9H11NO4S/c11-8-5-15(12,13)6-9(8)14-7-2-1-3-10-4-7/h1-4,8-9,11H,5-6H2. The fourth-order valence-corrected chi connectivity index (χ4v) is 3.16. The number of aliphatic hydroxyl groups excluding tert-OH is 1. The van der Waals surface area contributed by atoms with E-state index in [9.17, 15) is 13.5 Å². The number of ether oxygens (including phenoxy) is 1. The molecule has 2 unspecified atom stereocenters. The zero-order valence-corrected chi connectivity index (χ0v) is 8.72. The average Bonchev–Trinajstić information content (AvgIpc) is 2.41. The Hall–Kier alpha value is -1.14. The van der Waals surface area contributed by atoms with E-state index in [0.29, 0.717) is 5.75 Å². The van der Waals surface area contributed by atoms with Gasteiger partial charge in [-0.1, -0.05) is 0 Å². The molecule has 1 N–H and O–H groups in total. The molecule has 0 radical (unpaired) electrons. The molecule has 1 fully saturated rings. The number of rotatable bonds is 2. The molecular formula is C9H11NO4S. The highest BCUT2D eigenvalue weighted by Crippen LogP contribution is 2.19. The predicted octanol–water partition coefficient (Wildman–Crippen LogP) is -0.382. The largest absolute Gasteiger partial charge is 0.485 e. The Labute approximate surface area is 87.6 Å². The van der Waals surface area contributed by atoms with Crippen LogP contribution in [0.1, 0.15) is 0 Å².